The fourth-order valence-electron chi connectivity index (χ4n) is 2.29. The van der Waals surface area contributed by atoms with Gasteiger partial charge in [-0.05, 0) is 38.5 Å². The Hall–Kier alpha value is -0.280. The molecule has 1 fully saturated rings. The van der Waals surface area contributed by atoms with E-state index in [0.29, 0.717) is 12.3 Å². The summed E-state index contributed by atoms with van der Waals surface area (Å²) in [4.78, 5) is 13.9. The number of nitrogens with zero attached hydrogens (tertiary/aromatic N) is 1. The van der Waals surface area contributed by atoms with Crippen LogP contribution in [0.25, 0.3) is 0 Å². The number of amides is 1. The number of halogens is 1. The molecule has 1 aliphatic rings. The number of likely N-dealkylation sites (tertiary alicyclic amines) is 1. The molecule has 1 rings (SSSR count). The van der Waals surface area contributed by atoms with Gasteiger partial charge in [0, 0.05) is 31.5 Å². The van der Waals surface area contributed by atoms with Crippen molar-refractivity contribution in [2.75, 3.05) is 19.0 Å². The molecule has 1 heterocycles. The number of hydrogen-bond donors (Lipinski definition) is 1. The quantitative estimate of drug-likeness (QED) is 0.577. The number of aliphatic hydroxyl groups excluding tert-OH is 1. The number of carbonyl (C=O) groups is 1. The maximum absolute atomic E-state index is 12.0. The van der Waals surface area contributed by atoms with Crippen LogP contribution in [0.15, 0.2) is 0 Å². The molecule has 4 heteroatoms. The van der Waals surface area contributed by atoms with Crippen LogP contribution in [-0.4, -0.2) is 41.0 Å². The normalized spacial score (nSPS) is 21.1. The van der Waals surface area contributed by atoms with Crippen molar-refractivity contribution < 1.29 is 9.90 Å². The molecule has 1 unspecified atom stereocenters. The topological polar surface area (TPSA) is 40.5 Å². The predicted molar refractivity (Wildman–Crippen MR) is 65.6 cm³/mol. The summed E-state index contributed by atoms with van der Waals surface area (Å²) in [6.07, 6.45) is 6.44. The molecule has 0 aromatic carbocycles. The molecule has 1 N–H and O–H groups in total. The largest absolute Gasteiger partial charge is 0.396 e. The van der Waals surface area contributed by atoms with E-state index in [2.05, 4.69) is 0 Å². The van der Waals surface area contributed by atoms with Crippen molar-refractivity contribution in [1.82, 2.24) is 4.90 Å². The second-order valence-corrected chi connectivity index (χ2v) is 4.77. The van der Waals surface area contributed by atoms with Crippen LogP contribution in [0.5, 0.6) is 0 Å². The summed E-state index contributed by atoms with van der Waals surface area (Å²) in [5.41, 5.74) is 0. The van der Waals surface area contributed by atoms with Gasteiger partial charge in [-0.25, -0.2) is 0 Å². The third kappa shape index (κ3) is 4.30. The Balaban J connectivity index is 2.37. The first-order chi connectivity index (χ1) is 7.79. The van der Waals surface area contributed by atoms with E-state index in [-0.39, 0.29) is 18.6 Å². The van der Waals surface area contributed by atoms with Gasteiger partial charge in [0.05, 0.1) is 0 Å². The van der Waals surface area contributed by atoms with E-state index in [1.54, 1.807) is 0 Å². The molecule has 1 saturated heterocycles. The fourth-order valence-corrected chi connectivity index (χ4v) is 2.48. The Morgan fingerprint density at radius 1 is 1.38 bits per heavy atom. The average molecular weight is 248 g/mol. The van der Waals surface area contributed by atoms with Gasteiger partial charge < -0.3 is 10.0 Å². The lowest BCUT2D eigenvalue weighted by Crippen LogP contribution is -2.44. The van der Waals surface area contributed by atoms with Crippen molar-refractivity contribution in [2.45, 2.75) is 51.0 Å². The number of alkyl halides is 1. The number of hydrogen-bond acceptors (Lipinski definition) is 2. The molecule has 0 spiro atoms. The van der Waals surface area contributed by atoms with Crippen molar-refractivity contribution in [3.05, 3.63) is 0 Å². The van der Waals surface area contributed by atoms with Crippen molar-refractivity contribution in [1.29, 1.82) is 0 Å². The second kappa shape index (κ2) is 7.91. The van der Waals surface area contributed by atoms with E-state index in [9.17, 15) is 4.79 Å². The monoisotopic (exact) mass is 247 g/mol. The van der Waals surface area contributed by atoms with Crippen LogP contribution in [0.3, 0.4) is 0 Å². The summed E-state index contributed by atoms with van der Waals surface area (Å²) in [5, 5.41) is 8.98. The molecule has 0 aliphatic carbocycles. The molecule has 0 aromatic heterocycles. The van der Waals surface area contributed by atoms with E-state index in [4.69, 9.17) is 16.7 Å². The third-order valence-corrected chi connectivity index (χ3v) is 3.45. The zero-order chi connectivity index (χ0) is 11.8. The molecule has 0 radical (unpaired) electrons. The van der Waals surface area contributed by atoms with Gasteiger partial charge in [0.15, 0.2) is 0 Å². The van der Waals surface area contributed by atoms with E-state index in [1.807, 2.05) is 4.90 Å². The molecule has 1 amide bonds. The first-order valence-electron chi connectivity index (χ1n) is 6.26. The highest BCUT2D eigenvalue weighted by Crippen LogP contribution is 2.20. The summed E-state index contributed by atoms with van der Waals surface area (Å²) >= 11 is 5.59. The van der Waals surface area contributed by atoms with Crippen LogP contribution < -0.4 is 0 Å². The Labute approximate surface area is 103 Å². The average Bonchev–Trinajstić information content (AvgIpc) is 2.30. The minimum atomic E-state index is 0.177. The smallest absolute Gasteiger partial charge is 0.222 e. The SMILES string of the molecule is O=C(CCCCCl)N1CCCCC1CCO. The van der Waals surface area contributed by atoms with Crippen LogP contribution >= 0.6 is 11.6 Å². The molecule has 94 valence electrons. The van der Waals surface area contributed by atoms with E-state index < -0.39 is 0 Å². The van der Waals surface area contributed by atoms with Crippen molar-refractivity contribution in [3.63, 3.8) is 0 Å². The lowest BCUT2D eigenvalue weighted by Gasteiger charge is -2.35. The molecular formula is C12H22ClNO2. The lowest BCUT2D eigenvalue weighted by atomic mass is 9.99. The molecule has 0 bridgehead atoms. The first kappa shape index (κ1) is 13.8. The summed E-state index contributed by atoms with van der Waals surface area (Å²) < 4.78 is 0. The third-order valence-electron chi connectivity index (χ3n) is 3.18. The van der Waals surface area contributed by atoms with Gasteiger partial charge in [-0.15, -0.1) is 11.6 Å². The Kier molecular flexibility index (Phi) is 6.81. The van der Waals surface area contributed by atoms with Crippen LogP contribution in [-0.2, 0) is 4.79 Å². The molecule has 0 aromatic rings. The summed E-state index contributed by atoms with van der Waals surface area (Å²) in [7, 11) is 0. The highest BCUT2D eigenvalue weighted by Gasteiger charge is 2.25. The van der Waals surface area contributed by atoms with Gasteiger partial charge in [0.1, 0.15) is 0 Å². The molecule has 3 nitrogen and oxygen atoms in total. The van der Waals surface area contributed by atoms with Gasteiger partial charge in [0.2, 0.25) is 5.91 Å². The Morgan fingerprint density at radius 2 is 2.19 bits per heavy atom. The standard InChI is InChI=1S/C12H22ClNO2/c13-8-3-1-6-12(16)14-9-4-2-5-11(14)7-10-15/h11,15H,1-10H2. The van der Waals surface area contributed by atoms with E-state index >= 15 is 0 Å². The number of aliphatic hydroxyl groups is 1. The molecular weight excluding hydrogens is 226 g/mol. The molecule has 0 saturated carbocycles. The number of unbranched alkanes of at least 4 members (excludes halogenated alkanes) is 1. The number of piperidine rings is 1. The minimum Gasteiger partial charge on any atom is -0.396 e. The highest BCUT2D eigenvalue weighted by molar-refractivity contribution is 6.17. The highest BCUT2D eigenvalue weighted by atomic mass is 35.5. The molecule has 16 heavy (non-hydrogen) atoms. The number of carbonyl (C=O) groups excluding carboxylic acids is 1. The van der Waals surface area contributed by atoms with Gasteiger partial charge in [-0.2, -0.15) is 0 Å². The maximum Gasteiger partial charge on any atom is 0.222 e. The molecule has 1 aliphatic heterocycles. The number of rotatable bonds is 6. The van der Waals surface area contributed by atoms with E-state index in [1.165, 1.54) is 6.42 Å². The Bertz CT molecular complexity index is 209. The van der Waals surface area contributed by atoms with Crippen LogP contribution in [0.2, 0.25) is 0 Å². The van der Waals surface area contributed by atoms with Crippen LogP contribution in [0.4, 0.5) is 0 Å². The van der Waals surface area contributed by atoms with Gasteiger partial charge in [-0.3, -0.25) is 4.79 Å². The minimum absolute atomic E-state index is 0.177. The van der Waals surface area contributed by atoms with E-state index in [0.717, 1.165) is 38.6 Å². The fraction of sp³-hybridized carbons (Fsp3) is 0.917. The van der Waals surface area contributed by atoms with Crippen molar-refractivity contribution >= 4 is 17.5 Å². The van der Waals surface area contributed by atoms with Gasteiger partial charge in [0.25, 0.3) is 0 Å². The van der Waals surface area contributed by atoms with Crippen LogP contribution in [0.1, 0.15) is 44.9 Å². The second-order valence-electron chi connectivity index (χ2n) is 4.40. The van der Waals surface area contributed by atoms with Gasteiger partial charge in [-0.1, -0.05) is 0 Å². The van der Waals surface area contributed by atoms with Gasteiger partial charge >= 0.3 is 0 Å². The summed E-state index contributed by atoms with van der Waals surface area (Å²) in [6.45, 7) is 1.04. The molecule has 1 atom stereocenters. The lowest BCUT2D eigenvalue weighted by molar-refractivity contribution is -0.135. The van der Waals surface area contributed by atoms with Crippen molar-refractivity contribution in [3.8, 4) is 0 Å². The zero-order valence-corrected chi connectivity index (χ0v) is 10.6. The maximum atomic E-state index is 12.0. The first-order valence-corrected chi connectivity index (χ1v) is 6.79. The summed E-state index contributed by atoms with van der Waals surface area (Å²) in [6, 6.07) is 0.266. The zero-order valence-electron chi connectivity index (χ0n) is 9.83. The predicted octanol–water partition coefficient (Wildman–Crippen LogP) is 2.16. The summed E-state index contributed by atoms with van der Waals surface area (Å²) in [5.74, 6) is 0.871. The Morgan fingerprint density at radius 3 is 2.88 bits per heavy atom. The van der Waals surface area contributed by atoms with Crippen molar-refractivity contribution in [2.24, 2.45) is 0 Å². The van der Waals surface area contributed by atoms with Crippen LogP contribution in [0, 0.1) is 0 Å².